The number of aliphatic carboxylic acids is 1. The molecule has 0 atom stereocenters. The highest BCUT2D eigenvalue weighted by atomic mass is 16.4. The minimum Gasteiger partial charge on any atom is -0.481 e. The van der Waals surface area contributed by atoms with Crippen molar-refractivity contribution in [3.63, 3.8) is 0 Å². The predicted molar refractivity (Wildman–Crippen MR) is 132 cm³/mol. The number of amides is 2. The number of rotatable bonds is 8. The third-order valence-electron chi connectivity index (χ3n) is 5.90. The molecule has 2 aliphatic rings. The van der Waals surface area contributed by atoms with Gasteiger partial charge in [0.15, 0.2) is 0 Å². The van der Waals surface area contributed by atoms with Gasteiger partial charge in [-0.3, -0.25) is 19.4 Å². The topological polar surface area (TPSA) is 112 Å². The zero-order valence-electron chi connectivity index (χ0n) is 20.0. The number of aromatic nitrogens is 1. The van der Waals surface area contributed by atoms with Gasteiger partial charge >= 0.3 is 5.97 Å². The lowest BCUT2D eigenvalue weighted by Crippen LogP contribution is -2.41. The van der Waals surface area contributed by atoms with Gasteiger partial charge in [0.2, 0.25) is 11.8 Å². The smallest absolute Gasteiger partial charge is 0.305 e. The summed E-state index contributed by atoms with van der Waals surface area (Å²) < 4.78 is 0. The molecule has 0 radical (unpaired) electrons. The third kappa shape index (κ3) is 10.0. The largest absolute Gasteiger partial charge is 0.481 e. The Morgan fingerprint density at radius 2 is 1.94 bits per heavy atom. The Balaban J connectivity index is 0.000000589. The van der Waals surface area contributed by atoms with Crippen LogP contribution in [0.3, 0.4) is 0 Å². The van der Waals surface area contributed by atoms with Crippen molar-refractivity contribution in [1.82, 2.24) is 20.5 Å². The van der Waals surface area contributed by atoms with Gasteiger partial charge in [-0.25, -0.2) is 0 Å². The number of allylic oxidation sites excluding steroid dienone is 5. The van der Waals surface area contributed by atoms with Gasteiger partial charge in [0.1, 0.15) is 6.42 Å². The first kappa shape index (κ1) is 26.8. The normalized spacial score (nSPS) is 16.3. The van der Waals surface area contributed by atoms with Crippen molar-refractivity contribution in [2.24, 2.45) is 5.92 Å². The number of carbonyl (C=O) groups is 3. The number of hydrogen-bond donors (Lipinski definition) is 3. The summed E-state index contributed by atoms with van der Waals surface area (Å²) in [5.41, 5.74) is 3.65. The maximum absolute atomic E-state index is 12.2. The minimum atomic E-state index is -0.978. The van der Waals surface area contributed by atoms with Crippen molar-refractivity contribution in [2.75, 3.05) is 26.2 Å². The van der Waals surface area contributed by atoms with Gasteiger partial charge < -0.3 is 20.6 Å². The Morgan fingerprint density at radius 3 is 2.50 bits per heavy atom. The number of pyridine rings is 1. The van der Waals surface area contributed by atoms with E-state index in [1.54, 1.807) is 17.3 Å². The number of likely N-dealkylation sites (tertiary alicyclic amines) is 1. The second-order valence-electron chi connectivity index (χ2n) is 8.44. The molecule has 2 aliphatic heterocycles. The lowest BCUT2D eigenvalue weighted by Gasteiger charge is -2.32. The Kier molecular flexibility index (Phi) is 11.6. The lowest BCUT2D eigenvalue weighted by atomic mass is 9.89. The number of carboxylic acids is 1. The van der Waals surface area contributed by atoms with E-state index in [4.69, 9.17) is 5.11 Å². The molecule has 2 amide bonds. The van der Waals surface area contributed by atoms with E-state index in [9.17, 15) is 14.4 Å². The summed E-state index contributed by atoms with van der Waals surface area (Å²) in [5.74, 6) is -1.26. The van der Waals surface area contributed by atoms with Gasteiger partial charge in [0, 0.05) is 44.3 Å². The molecule has 1 aromatic heterocycles. The van der Waals surface area contributed by atoms with Crippen LogP contribution in [0, 0.1) is 5.92 Å². The minimum absolute atomic E-state index is 0.0428. The second-order valence-corrected chi connectivity index (χ2v) is 8.44. The van der Waals surface area contributed by atoms with Crippen molar-refractivity contribution in [2.45, 2.75) is 45.4 Å². The molecule has 1 fully saturated rings. The Hall–Kier alpha value is -3.42. The number of piperidine rings is 1. The van der Waals surface area contributed by atoms with Crippen molar-refractivity contribution < 1.29 is 19.5 Å². The van der Waals surface area contributed by atoms with E-state index in [0.717, 1.165) is 37.8 Å². The molecule has 8 nitrogen and oxygen atoms in total. The molecule has 0 saturated carbocycles. The van der Waals surface area contributed by atoms with Crippen LogP contribution in [-0.2, 0) is 14.4 Å². The van der Waals surface area contributed by atoms with Crippen LogP contribution >= 0.6 is 0 Å². The number of carbonyl (C=O) groups excluding carboxylic acids is 2. The van der Waals surface area contributed by atoms with Crippen LogP contribution < -0.4 is 10.6 Å². The van der Waals surface area contributed by atoms with Crippen molar-refractivity contribution in [3.8, 4) is 0 Å². The predicted octanol–water partition coefficient (Wildman–Crippen LogP) is 3.06. The highest BCUT2D eigenvalue weighted by Gasteiger charge is 2.25. The standard InChI is InChI=1S/C21H31N3O4.C5H5N/c1-15(5-6-18-4-3-10-22-16(18)2)17-8-12-24(13-9-17)20(26)14-19(25)23-11-7-21(27)28;1-2-4-6-5-3-1/h5-6,17,22H,1,3-4,7-14H2,2H3,(H,23,25)(H,27,28);1-5H/b6-5-;. The molecule has 1 saturated heterocycles. The molecule has 8 heteroatoms. The summed E-state index contributed by atoms with van der Waals surface area (Å²) in [4.78, 5) is 39.9. The summed E-state index contributed by atoms with van der Waals surface area (Å²) in [6, 6.07) is 5.72. The van der Waals surface area contributed by atoms with Crippen LogP contribution in [0.5, 0.6) is 0 Å². The number of carboxylic acid groups (broad SMARTS) is 1. The SMILES string of the molecule is C=C(/C=C\C1=C(C)NCCC1)C1CCN(C(=O)CC(=O)NCCC(=O)O)CC1.c1ccncc1. The molecule has 34 heavy (non-hydrogen) atoms. The average Bonchev–Trinajstić information content (AvgIpc) is 2.84. The summed E-state index contributed by atoms with van der Waals surface area (Å²) in [7, 11) is 0. The molecular weight excluding hydrogens is 432 g/mol. The summed E-state index contributed by atoms with van der Waals surface area (Å²) >= 11 is 0. The zero-order valence-corrected chi connectivity index (χ0v) is 20.0. The number of hydrogen-bond acceptors (Lipinski definition) is 5. The van der Waals surface area contributed by atoms with Crippen LogP contribution in [0.1, 0.15) is 45.4 Å². The fourth-order valence-electron chi connectivity index (χ4n) is 3.84. The molecular formula is C26H36N4O4. The van der Waals surface area contributed by atoms with Crippen LogP contribution in [0.25, 0.3) is 0 Å². The van der Waals surface area contributed by atoms with Gasteiger partial charge in [-0.2, -0.15) is 0 Å². The van der Waals surface area contributed by atoms with E-state index < -0.39 is 11.9 Å². The van der Waals surface area contributed by atoms with Crippen molar-refractivity contribution >= 4 is 17.8 Å². The molecule has 0 bridgehead atoms. The molecule has 3 N–H and O–H groups in total. The van der Waals surface area contributed by atoms with E-state index in [2.05, 4.69) is 41.3 Å². The molecule has 184 valence electrons. The summed E-state index contributed by atoms with van der Waals surface area (Å²) in [6.07, 6.45) is 11.3. The van der Waals surface area contributed by atoms with Crippen LogP contribution in [0.4, 0.5) is 0 Å². The average molecular weight is 469 g/mol. The Labute approximate surface area is 201 Å². The van der Waals surface area contributed by atoms with E-state index >= 15 is 0 Å². The van der Waals surface area contributed by atoms with Crippen molar-refractivity contribution in [3.05, 3.63) is 66.2 Å². The third-order valence-corrected chi connectivity index (χ3v) is 5.90. The number of nitrogens with one attached hydrogen (secondary N) is 2. The monoisotopic (exact) mass is 468 g/mol. The van der Waals surface area contributed by atoms with Gasteiger partial charge in [-0.1, -0.05) is 30.4 Å². The van der Waals surface area contributed by atoms with Gasteiger partial charge in [-0.15, -0.1) is 0 Å². The van der Waals surface area contributed by atoms with Crippen LogP contribution in [0.15, 0.2) is 66.2 Å². The molecule has 3 rings (SSSR count). The molecule has 3 heterocycles. The molecule has 0 aromatic carbocycles. The Bertz CT molecular complexity index is 861. The van der Waals surface area contributed by atoms with Crippen LogP contribution in [-0.4, -0.2) is 59.0 Å². The Morgan fingerprint density at radius 1 is 1.24 bits per heavy atom. The van der Waals surface area contributed by atoms with Gasteiger partial charge in [-0.05, 0) is 56.2 Å². The van der Waals surface area contributed by atoms with Gasteiger partial charge in [0.05, 0.1) is 6.42 Å². The first-order valence-electron chi connectivity index (χ1n) is 11.8. The van der Waals surface area contributed by atoms with Crippen LogP contribution in [0.2, 0.25) is 0 Å². The summed E-state index contributed by atoms with van der Waals surface area (Å²) in [6.45, 7) is 8.61. The maximum Gasteiger partial charge on any atom is 0.305 e. The second kappa shape index (κ2) is 14.7. The zero-order chi connectivity index (χ0) is 24.8. The fraction of sp³-hybridized carbons (Fsp3) is 0.462. The quantitative estimate of drug-likeness (QED) is 0.399. The summed E-state index contributed by atoms with van der Waals surface area (Å²) in [5, 5.41) is 14.4. The van der Waals surface area contributed by atoms with E-state index in [1.165, 1.54) is 11.3 Å². The fourth-order valence-corrected chi connectivity index (χ4v) is 3.84. The molecule has 1 aromatic rings. The lowest BCUT2D eigenvalue weighted by molar-refractivity contribution is -0.137. The first-order valence-corrected chi connectivity index (χ1v) is 11.8. The molecule has 0 unspecified atom stereocenters. The highest BCUT2D eigenvalue weighted by molar-refractivity contribution is 5.97. The number of nitrogens with zero attached hydrogens (tertiary/aromatic N) is 2. The van der Waals surface area contributed by atoms with Gasteiger partial charge in [0.25, 0.3) is 0 Å². The van der Waals surface area contributed by atoms with E-state index in [0.29, 0.717) is 19.0 Å². The maximum atomic E-state index is 12.2. The molecule has 0 spiro atoms. The molecule has 0 aliphatic carbocycles. The van der Waals surface area contributed by atoms with E-state index in [1.807, 2.05) is 18.2 Å². The van der Waals surface area contributed by atoms with E-state index in [-0.39, 0.29) is 25.3 Å². The van der Waals surface area contributed by atoms with Crippen molar-refractivity contribution in [1.29, 1.82) is 0 Å². The highest BCUT2D eigenvalue weighted by Crippen LogP contribution is 2.26. The first-order chi connectivity index (χ1) is 16.4.